The summed E-state index contributed by atoms with van der Waals surface area (Å²) in [6.45, 7) is 6.16. The number of likely N-dealkylation sites (tertiary alicyclic amines) is 1. The number of ether oxygens (including phenoxy) is 2. The Bertz CT molecular complexity index is 1120. The molecule has 0 bridgehead atoms. The minimum atomic E-state index is 0.0389. The lowest BCUT2D eigenvalue weighted by atomic mass is 9.92. The second-order valence-electron chi connectivity index (χ2n) is 9.26. The van der Waals surface area contributed by atoms with Crippen LogP contribution < -0.4 is 14.4 Å². The van der Waals surface area contributed by atoms with E-state index in [4.69, 9.17) is 14.5 Å². The molecule has 0 saturated carbocycles. The lowest BCUT2D eigenvalue weighted by molar-refractivity contribution is 0.101. The molecule has 1 N–H and O–H groups in total. The number of piperidine rings is 1. The summed E-state index contributed by atoms with van der Waals surface area (Å²) in [5, 5.41) is 0. The van der Waals surface area contributed by atoms with E-state index in [1.54, 1.807) is 18.2 Å². The Labute approximate surface area is 195 Å². The molecule has 2 atom stereocenters. The molecule has 0 amide bonds. The molecule has 2 aliphatic rings. The number of imidazole rings is 1. The highest BCUT2D eigenvalue weighted by Crippen LogP contribution is 2.33. The molecule has 33 heavy (non-hydrogen) atoms. The molecule has 1 unspecified atom stereocenters. The number of hydrogen-bond acceptors (Lipinski definition) is 6. The summed E-state index contributed by atoms with van der Waals surface area (Å²) in [4.78, 5) is 23.9. The number of aromatic nitrogens is 2. The van der Waals surface area contributed by atoms with Crippen LogP contribution in [-0.2, 0) is 0 Å². The van der Waals surface area contributed by atoms with Crippen LogP contribution >= 0.6 is 0 Å². The number of carbonyl (C=O) groups is 1. The van der Waals surface area contributed by atoms with Crippen LogP contribution in [0, 0.1) is 5.92 Å². The van der Waals surface area contributed by atoms with Crippen LogP contribution in [0.4, 0.5) is 5.69 Å². The van der Waals surface area contributed by atoms with Gasteiger partial charge in [0.1, 0.15) is 19.0 Å². The highest BCUT2D eigenvalue weighted by Gasteiger charge is 2.27. The molecule has 7 nitrogen and oxygen atoms in total. The zero-order valence-corrected chi connectivity index (χ0v) is 20.2. The van der Waals surface area contributed by atoms with Gasteiger partial charge in [0.15, 0.2) is 17.3 Å². The largest absolute Gasteiger partial charge is 0.486 e. The van der Waals surface area contributed by atoms with Gasteiger partial charge in [0.25, 0.3) is 0 Å². The number of benzene rings is 2. The van der Waals surface area contributed by atoms with Crippen molar-refractivity contribution in [3.63, 3.8) is 0 Å². The molecule has 2 aromatic carbocycles. The average Bonchev–Trinajstić information content (AvgIpc) is 3.24. The molecule has 5 rings (SSSR count). The normalized spacial score (nSPS) is 20.2. The summed E-state index contributed by atoms with van der Waals surface area (Å²) in [7, 11) is 6.33. The molecular formula is C26H34N4O3. The van der Waals surface area contributed by atoms with Gasteiger partial charge in [0.2, 0.25) is 0 Å². The third kappa shape index (κ3) is 5.30. The topological polar surface area (TPSA) is 70.7 Å². The van der Waals surface area contributed by atoms with E-state index >= 15 is 0 Å². The SMILES string of the molecule is CC(=O)c1ccc2c(c1)OCCO2.CC1CCN(C)[C@@H](c2nc3ccc(N(C)C)cc3[nH]2)C1. The van der Waals surface area contributed by atoms with Gasteiger partial charge in [-0.3, -0.25) is 9.69 Å². The molecule has 0 aliphatic carbocycles. The standard InChI is InChI=1S/C16H24N4.C10H10O3/c1-11-7-8-20(4)15(9-11)16-17-13-6-5-12(19(2)3)10-14(13)18-16;1-7(11)8-2-3-9-10(6-8)13-5-4-12-9/h5-6,10-11,15H,7-9H2,1-4H3,(H,17,18);2-3,6H,4-5H2,1H3/t11?,15-;/m1./s1. The molecule has 7 heteroatoms. The van der Waals surface area contributed by atoms with E-state index in [0.29, 0.717) is 30.6 Å². The first kappa shape index (κ1) is 23.1. The number of nitrogens with zero attached hydrogens (tertiary/aromatic N) is 3. The number of carbonyl (C=O) groups excluding carboxylic acids is 1. The summed E-state index contributed by atoms with van der Waals surface area (Å²) < 4.78 is 10.7. The number of Topliss-reactive ketones (excluding diaryl/α,β-unsaturated/α-hetero) is 1. The molecule has 0 spiro atoms. The second-order valence-corrected chi connectivity index (χ2v) is 9.26. The smallest absolute Gasteiger partial charge is 0.162 e. The lowest BCUT2D eigenvalue weighted by Gasteiger charge is -2.34. The Kier molecular flexibility index (Phi) is 6.88. The summed E-state index contributed by atoms with van der Waals surface area (Å²) in [6, 6.07) is 12.1. The minimum absolute atomic E-state index is 0.0389. The van der Waals surface area contributed by atoms with Gasteiger partial charge in [-0.15, -0.1) is 0 Å². The Balaban J connectivity index is 0.000000172. The fourth-order valence-electron chi connectivity index (χ4n) is 4.29. The highest BCUT2D eigenvalue weighted by molar-refractivity contribution is 5.94. The number of rotatable bonds is 3. The summed E-state index contributed by atoms with van der Waals surface area (Å²) >= 11 is 0. The van der Waals surface area contributed by atoms with Crippen molar-refractivity contribution in [1.29, 1.82) is 0 Å². The van der Waals surface area contributed by atoms with Crippen LogP contribution in [0.25, 0.3) is 11.0 Å². The van der Waals surface area contributed by atoms with Crippen molar-refractivity contribution >= 4 is 22.5 Å². The number of H-pyrrole nitrogens is 1. The third-order valence-corrected chi connectivity index (χ3v) is 6.40. The van der Waals surface area contributed by atoms with Gasteiger partial charge in [-0.1, -0.05) is 6.92 Å². The van der Waals surface area contributed by atoms with Crippen molar-refractivity contribution in [2.45, 2.75) is 32.7 Å². The molecule has 3 aromatic rings. The summed E-state index contributed by atoms with van der Waals surface area (Å²) in [5.74, 6) is 3.32. The first-order valence-corrected chi connectivity index (χ1v) is 11.6. The highest BCUT2D eigenvalue weighted by atomic mass is 16.6. The van der Waals surface area contributed by atoms with E-state index in [1.165, 1.54) is 25.5 Å². The Hall–Kier alpha value is -3.06. The van der Waals surface area contributed by atoms with E-state index in [1.807, 2.05) is 0 Å². The van der Waals surface area contributed by atoms with Crippen LogP contribution in [0.2, 0.25) is 0 Å². The van der Waals surface area contributed by atoms with Crippen molar-refractivity contribution in [3.05, 3.63) is 47.8 Å². The monoisotopic (exact) mass is 450 g/mol. The predicted octanol–water partition coefficient (Wildman–Crippen LogP) is 4.69. The van der Waals surface area contributed by atoms with Gasteiger partial charge in [0.05, 0.1) is 17.1 Å². The summed E-state index contributed by atoms with van der Waals surface area (Å²) in [6.07, 6.45) is 2.48. The molecule has 176 valence electrons. The predicted molar refractivity (Wildman–Crippen MR) is 132 cm³/mol. The number of anilines is 1. The van der Waals surface area contributed by atoms with Crippen molar-refractivity contribution < 1.29 is 14.3 Å². The maximum Gasteiger partial charge on any atom is 0.162 e. The van der Waals surface area contributed by atoms with Gasteiger partial charge in [-0.05, 0) is 75.7 Å². The van der Waals surface area contributed by atoms with Crippen LogP contribution in [-0.4, -0.2) is 61.6 Å². The van der Waals surface area contributed by atoms with Crippen molar-refractivity contribution in [1.82, 2.24) is 14.9 Å². The summed E-state index contributed by atoms with van der Waals surface area (Å²) in [5.41, 5.74) is 4.07. The van der Waals surface area contributed by atoms with Crippen LogP contribution in [0.5, 0.6) is 11.5 Å². The maximum absolute atomic E-state index is 11.0. The fraction of sp³-hybridized carbons (Fsp3) is 0.462. The molecular weight excluding hydrogens is 416 g/mol. The van der Waals surface area contributed by atoms with Crippen molar-refractivity contribution in [2.75, 3.05) is 45.8 Å². The van der Waals surface area contributed by atoms with E-state index < -0.39 is 0 Å². The van der Waals surface area contributed by atoms with Crippen molar-refractivity contribution in [2.24, 2.45) is 5.92 Å². The molecule has 3 heterocycles. The van der Waals surface area contributed by atoms with Crippen LogP contribution in [0.15, 0.2) is 36.4 Å². The Morgan fingerprint density at radius 3 is 2.61 bits per heavy atom. The number of aromatic amines is 1. The minimum Gasteiger partial charge on any atom is -0.486 e. The Morgan fingerprint density at radius 1 is 1.12 bits per heavy atom. The third-order valence-electron chi connectivity index (χ3n) is 6.40. The molecule has 0 radical (unpaired) electrons. The zero-order chi connectivity index (χ0) is 23.5. The maximum atomic E-state index is 11.0. The van der Waals surface area contributed by atoms with Gasteiger partial charge in [-0.2, -0.15) is 0 Å². The molecule has 2 aliphatic heterocycles. The number of fused-ring (bicyclic) bond motifs is 2. The van der Waals surface area contributed by atoms with Gasteiger partial charge in [0, 0.05) is 25.3 Å². The number of ketones is 1. The molecule has 1 aromatic heterocycles. The van der Waals surface area contributed by atoms with E-state index in [9.17, 15) is 4.79 Å². The van der Waals surface area contributed by atoms with Gasteiger partial charge in [-0.25, -0.2) is 4.98 Å². The van der Waals surface area contributed by atoms with E-state index in [2.05, 4.69) is 61.0 Å². The first-order valence-electron chi connectivity index (χ1n) is 11.6. The fourth-order valence-corrected chi connectivity index (χ4v) is 4.29. The molecule has 1 saturated heterocycles. The number of hydrogen-bond donors (Lipinski definition) is 1. The van der Waals surface area contributed by atoms with Crippen LogP contribution in [0.1, 0.15) is 48.9 Å². The van der Waals surface area contributed by atoms with Gasteiger partial charge < -0.3 is 19.4 Å². The number of nitrogens with one attached hydrogen (secondary N) is 1. The van der Waals surface area contributed by atoms with Gasteiger partial charge >= 0.3 is 0 Å². The Morgan fingerprint density at radius 2 is 1.88 bits per heavy atom. The second kappa shape index (κ2) is 9.83. The average molecular weight is 451 g/mol. The zero-order valence-electron chi connectivity index (χ0n) is 20.2. The van der Waals surface area contributed by atoms with E-state index in [-0.39, 0.29) is 5.78 Å². The van der Waals surface area contributed by atoms with Crippen molar-refractivity contribution in [3.8, 4) is 11.5 Å². The van der Waals surface area contributed by atoms with Crippen LogP contribution in [0.3, 0.4) is 0 Å². The quantitative estimate of drug-likeness (QED) is 0.584. The lowest BCUT2D eigenvalue weighted by Crippen LogP contribution is -2.33. The molecule has 1 fully saturated rings. The first-order chi connectivity index (χ1) is 15.8. The van der Waals surface area contributed by atoms with E-state index in [0.717, 1.165) is 35.1 Å².